The van der Waals surface area contributed by atoms with Gasteiger partial charge in [-0.1, -0.05) is 11.6 Å². The maximum absolute atomic E-state index is 12.3. The first-order valence-corrected chi connectivity index (χ1v) is 7.31. The Labute approximate surface area is 128 Å². The van der Waals surface area contributed by atoms with Crippen molar-refractivity contribution in [2.45, 2.75) is 31.8 Å². The SMILES string of the molecule is CC(=O)Nc1ccc(C(=O)CC2(O)CCNCC2)cc1Cl. The molecule has 0 spiro atoms. The van der Waals surface area contributed by atoms with Gasteiger partial charge in [-0.15, -0.1) is 0 Å². The fraction of sp³-hybridized carbons (Fsp3) is 0.467. The molecule has 1 aliphatic rings. The van der Waals surface area contributed by atoms with Crippen LogP contribution in [0.3, 0.4) is 0 Å². The number of nitrogens with one attached hydrogen (secondary N) is 2. The normalized spacial score (nSPS) is 17.3. The molecule has 1 amide bonds. The first kappa shape index (κ1) is 15.9. The van der Waals surface area contributed by atoms with Crippen molar-refractivity contribution in [1.29, 1.82) is 0 Å². The van der Waals surface area contributed by atoms with Crippen LogP contribution < -0.4 is 10.6 Å². The van der Waals surface area contributed by atoms with Gasteiger partial charge >= 0.3 is 0 Å². The molecule has 1 aromatic rings. The van der Waals surface area contributed by atoms with Crippen LogP contribution in [0.4, 0.5) is 5.69 Å². The van der Waals surface area contributed by atoms with E-state index in [0.29, 0.717) is 42.2 Å². The molecule has 0 radical (unpaired) electrons. The predicted octanol–water partition coefficient (Wildman–Crippen LogP) is 1.99. The zero-order chi connectivity index (χ0) is 15.5. The number of benzene rings is 1. The maximum Gasteiger partial charge on any atom is 0.221 e. The molecule has 5 nitrogen and oxygen atoms in total. The minimum absolute atomic E-state index is 0.0878. The van der Waals surface area contributed by atoms with Crippen molar-refractivity contribution in [2.24, 2.45) is 0 Å². The van der Waals surface area contributed by atoms with Crippen molar-refractivity contribution >= 4 is 29.0 Å². The highest BCUT2D eigenvalue weighted by atomic mass is 35.5. The van der Waals surface area contributed by atoms with Gasteiger partial charge in [-0.25, -0.2) is 0 Å². The number of anilines is 1. The Morgan fingerprint density at radius 3 is 2.62 bits per heavy atom. The van der Waals surface area contributed by atoms with E-state index in [0.717, 1.165) is 0 Å². The summed E-state index contributed by atoms with van der Waals surface area (Å²) in [6.45, 7) is 2.82. The molecule has 2 rings (SSSR count). The Hall–Kier alpha value is -1.43. The number of hydrogen-bond acceptors (Lipinski definition) is 4. The van der Waals surface area contributed by atoms with Gasteiger partial charge in [-0.2, -0.15) is 0 Å². The summed E-state index contributed by atoms with van der Waals surface area (Å²) in [6, 6.07) is 4.74. The second-order valence-corrected chi connectivity index (χ2v) is 5.86. The van der Waals surface area contributed by atoms with E-state index < -0.39 is 5.60 Å². The number of halogens is 1. The first-order chi connectivity index (χ1) is 9.89. The van der Waals surface area contributed by atoms with Crippen molar-refractivity contribution in [2.75, 3.05) is 18.4 Å². The second kappa shape index (κ2) is 6.56. The minimum Gasteiger partial charge on any atom is -0.389 e. The Bertz CT molecular complexity index is 554. The van der Waals surface area contributed by atoms with Crippen molar-refractivity contribution in [3.8, 4) is 0 Å². The van der Waals surface area contributed by atoms with Crippen molar-refractivity contribution in [3.63, 3.8) is 0 Å². The molecule has 0 aromatic heterocycles. The Kier molecular flexibility index (Phi) is 4.98. The summed E-state index contributed by atoms with van der Waals surface area (Å²) in [6.07, 6.45) is 1.22. The van der Waals surface area contributed by atoms with Crippen LogP contribution in [0, 0.1) is 0 Å². The summed E-state index contributed by atoms with van der Waals surface area (Å²) in [5.74, 6) is -0.365. The minimum atomic E-state index is -0.939. The zero-order valence-electron chi connectivity index (χ0n) is 11.9. The number of Topliss-reactive ketones (excluding diaryl/α,β-unsaturated/α-hetero) is 1. The van der Waals surface area contributed by atoms with Gasteiger partial charge in [-0.3, -0.25) is 9.59 Å². The van der Waals surface area contributed by atoms with E-state index in [1.54, 1.807) is 12.1 Å². The average Bonchev–Trinajstić information content (AvgIpc) is 2.41. The number of hydrogen-bond donors (Lipinski definition) is 3. The first-order valence-electron chi connectivity index (χ1n) is 6.93. The van der Waals surface area contributed by atoms with E-state index in [-0.39, 0.29) is 18.1 Å². The number of carbonyl (C=O) groups excluding carboxylic acids is 2. The van der Waals surface area contributed by atoms with Gasteiger partial charge < -0.3 is 15.7 Å². The highest BCUT2D eigenvalue weighted by Gasteiger charge is 2.32. The number of amides is 1. The number of carbonyl (C=O) groups is 2. The number of ketones is 1. The van der Waals surface area contributed by atoms with Crippen LogP contribution in [-0.4, -0.2) is 35.5 Å². The Balaban J connectivity index is 2.09. The molecule has 114 valence electrons. The molecule has 1 aliphatic heterocycles. The van der Waals surface area contributed by atoms with Gasteiger partial charge in [0.25, 0.3) is 0 Å². The van der Waals surface area contributed by atoms with Crippen LogP contribution >= 0.6 is 11.6 Å². The van der Waals surface area contributed by atoms with Gasteiger partial charge in [0, 0.05) is 18.9 Å². The molecule has 0 saturated carbocycles. The molecule has 21 heavy (non-hydrogen) atoms. The van der Waals surface area contributed by atoms with Crippen LogP contribution in [0.15, 0.2) is 18.2 Å². The van der Waals surface area contributed by atoms with Crippen LogP contribution in [0.25, 0.3) is 0 Å². The van der Waals surface area contributed by atoms with Crippen molar-refractivity contribution in [1.82, 2.24) is 5.32 Å². The highest BCUT2D eigenvalue weighted by molar-refractivity contribution is 6.34. The quantitative estimate of drug-likeness (QED) is 0.743. The van der Waals surface area contributed by atoms with E-state index in [4.69, 9.17) is 11.6 Å². The number of aliphatic hydroxyl groups is 1. The lowest BCUT2D eigenvalue weighted by Gasteiger charge is -2.32. The molecule has 3 N–H and O–H groups in total. The fourth-order valence-electron chi connectivity index (χ4n) is 2.45. The smallest absolute Gasteiger partial charge is 0.221 e. The zero-order valence-corrected chi connectivity index (χ0v) is 12.7. The second-order valence-electron chi connectivity index (χ2n) is 5.45. The summed E-state index contributed by atoms with van der Waals surface area (Å²) in [5, 5.41) is 16.5. The standard InChI is InChI=1S/C15H19ClN2O3/c1-10(19)18-13-3-2-11(8-12(13)16)14(20)9-15(21)4-6-17-7-5-15/h2-3,8,17,21H,4-7,9H2,1H3,(H,18,19). The van der Waals surface area contributed by atoms with Crippen LogP contribution in [0.5, 0.6) is 0 Å². The van der Waals surface area contributed by atoms with Crippen molar-refractivity contribution < 1.29 is 14.7 Å². The van der Waals surface area contributed by atoms with Gasteiger partial charge in [0.1, 0.15) is 0 Å². The lowest BCUT2D eigenvalue weighted by atomic mass is 9.86. The Morgan fingerprint density at radius 1 is 1.38 bits per heavy atom. The van der Waals surface area contributed by atoms with Gasteiger partial charge in [-0.05, 0) is 44.1 Å². The maximum atomic E-state index is 12.3. The number of rotatable bonds is 4. The lowest BCUT2D eigenvalue weighted by molar-refractivity contribution is -0.114. The largest absolute Gasteiger partial charge is 0.389 e. The third-order valence-electron chi connectivity index (χ3n) is 3.63. The average molecular weight is 311 g/mol. The summed E-state index contributed by atoms with van der Waals surface area (Å²) < 4.78 is 0. The van der Waals surface area contributed by atoms with E-state index >= 15 is 0 Å². The third-order valence-corrected chi connectivity index (χ3v) is 3.94. The predicted molar refractivity (Wildman–Crippen MR) is 81.8 cm³/mol. The van der Waals surface area contributed by atoms with Crippen LogP contribution in [-0.2, 0) is 4.79 Å². The van der Waals surface area contributed by atoms with Gasteiger partial charge in [0.15, 0.2) is 5.78 Å². The monoisotopic (exact) mass is 310 g/mol. The number of piperidine rings is 1. The van der Waals surface area contributed by atoms with Crippen LogP contribution in [0.1, 0.15) is 36.5 Å². The van der Waals surface area contributed by atoms with E-state index in [1.807, 2.05) is 0 Å². The molecular formula is C15H19ClN2O3. The molecule has 1 heterocycles. The summed E-state index contributed by atoms with van der Waals surface area (Å²) >= 11 is 6.06. The molecule has 0 unspecified atom stereocenters. The van der Waals surface area contributed by atoms with Crippen LogP contribution in [0.2, 0.25) is 5.02 Å². The summed E-state index contributed by atoms with van der Waals surface area (Å²) in [4.78, 5) is 23.3. The molecule has 1 saturated heterocycles. The highest BCUT2D eigenvalue weighted by Crippen LogP contribution is 2.27. The van der Waals surface area contributed by atoms with E-state index in [2.05, 4.69) is 10.6 Å². The molecule has 0 aliphatic carbocycles. The molecule has 0 atom stereocenters. The van der Waals surface area contributed by atoms with Gasteiger partial charge in [0.2, 0.25) is 5.91 Å². The van der Waals surface area contributed by atoms with Gasteiger partial charge in [0.05, 0.1) is 16.3 Å². The Morgan fingerprint density at radius 2 is 2.05 bits per heavy atom. The molecule has 0 bridgehead atoms. The fourth-order valence-corrected chi connectivity index (χ4v) is 2.68. The topological polar surface area (TPSA) is 78.4 Å². The summed E-state index contributed by atoms with van der Waals surface area (Å²) in [7, 11) is 0. The van der Waals surface area contributed by atoms with E-state index in [1.165, 1.54) is 13.0 Å². The summed E-state index contributed by atoms with van der Waals surface area (Å²) in [5.41, 5.74) is -0.0205. The molecule has 1 fully saturated rings. The lowest BCUT2D eigenvalue weighted by Crippen LogP contribution is -2.43. The van der Waals surface area contributed by atoms with Crippen molar-refractivity contribution in [3.05, 3.63) is 28.8 Å². The van der Waals surface area contributed by atoms with E-state index in [9.17, 15) is 14.7 Å². The molecular weight excluding hydrogens is 292 g/mol. The third kappa shape index (κ3) is 4.27. The molecule has 6 heteroatoms. The molecule has 1 aromatic carbocycles.